The highest BCUT2D eigenvalue weighted by Crippen LogP contribution is 2.23. The summed E-state index contributed by atoms with van der Waals surface area (Å²) in [6.07, 6.45) is 0.220. The SMILES string of the molecule is CC(C)CNCc1ccc(N2CCOC(C)C2)c(C#N)c1. The van der Waals surface area contributed by atoms with Gasteiger partial charge < -0.3 is 15.0 Å². The molecule has 1 unspecified atom stereocenters. The maximum Gasteiger partial charge on any atom is 0.101 e. The highest BCUT2D eigenvalue weighted by molar-refractivity contribution is 5.60. The highest BCUT2D eigenvalue weighted by atomic mass is 16.5. The van der Waals surface area contributed by atoms with Crippen LogP contribution in [0.5, 0.6) is 0 Å². The molecule has 4 heteroatoms. The van der Waals surface area contributed by atoms with E-state index >= 15 is 0 Å². The average molecular weight is 287 g/mol. The van der Waals surface area contributed by atoms with Crippen molar-refractivity contribution in [3.05, 3.63) is 29.3 Å². The van der Waals surface area contributed by atoms with Crippen molar-refractivity contribution in [3.63, 3.8) is 0 Å². The summed E-state index contributed by atoms with van der Waals surface area (Å²) >= 11 is 0. The van der Waals surface area contributed by atoms with Gasteiger partial charge in [-0.05, 0) is 37.1 Å². The van der Waals surface area contributed by atoms with Crippen LogP contribution in [-0.4, -0.2) is 32.3 Å². The summed E-state index contributed by atoms with van der Waals surface area (Å²) in [4.78, 5) is 2.25. The Hall–Kier alpha value is -1.57. The van der Waals surface area contributed by atoms with Crippen LogP contribution in [0.25, 0.3) is 0 Å². The molecule has 0 spiro atoms. The maximum absolute atomic E-state index is 9.42. The van der Waals surface area contributed by atoms with Crippen LogP contribution in [-0.2, 0) is 11.3 Å². The zero-order valence-electron chi connectivity index (χ0n) is 13.2. The van der Waals surface area contributed by atoms with Gasteiger partial charge in [-0.2, -0.15) is 5.26 Å². The summed E-state index contributed by atoms with van der Waals surface area (Å²) in [5.74, 6) is 0.634. The van der Waals surface area contributed by atoms with Crippen LogP contribution >= 0.6 is 0 Å². The standard InChI is InChI=1S/C17H25N3O/c1-13(2)10-19-11-15-4-5-17(16(8-15)9-18)20-6-7-21-14(3)12-20/h4-5,8,13-14,19H,6-7,10-12H2,1-3H3. The van der Waals surface area contributed by atoms with Crippen molar-refractivity contribution in [1.82, 2.24) is 5.32 Å². The van der Waals surface area contributed by atoms with Gasteiger partial charge in [-0.3, -0.25) is 0 Å². The normalized spacial score (nSPS) is 18.8. The second-order valence-electron chi connectivity index (χ2n) is 6.12. The Morgan fingerprint density at radius 1 is 1.48 bits per heavy atom. The summed E-state index contributed by atoms with van der Waals surface area (Å²) in [5, 5.41) is 12.8. The van der Waals surface area contributed by atoms with Crippen LogP contribution in [0.3, 0.4) is 0 Å². The van der Waals surface area contributed by atoms with E-state index in [4.69, 9.17) is 4.74 Å². The molecule has 0 saturated carbocycles. The molecular formula is C17H25N3O. The van der Waals surface area contributed by atoms with E-state index in [1.807, 2.05) is 6.07 Å². The number of anilines is 1. The fourth-order valence-corrected chi connectivity index (χ4v) is 2.60. The summed E-state index contributed by atoms with van der Waals surface area (Å²) in [5.41, 5.74) is 2.95. The molecular weight excluding hydrogens is 262 g/mol. The number of nitrogens with zero attached hydrogens (tertiary/aromatic N) is 2. The van der Waals surface area contributed by atoms with E-state index in [9.17, 15) is 5.26 Å². The quantitative estimate of drug-likeness (QED) is 0.904. The molecule has 2 rings (SSSR count). The Bertz CT molecular complexity index is 507. The van der Waals surface area contributed by atoms with Crippen LogP contribution in [0.1, 0.15) is 31.9 Å². The van der Waals surface area contributed by atoms with E-state index in [2.05, 4.69) is 49.2 Å². The third-order valence-electron chi connectivity index (χ3n) is 3.64. The molecule has 1 aliphatic heterocycles. The van der Waals surface area contributed by atoms with Gasteiger partial charge in [0.2, 0.25) is 0 Å². The van der Waals surface area contributed by atoms with Gasteiger partial charge in [0.25, 0.3) is 0 Å². The lowest BCUT2D eigenvalue weighted by Gasteiger charge is -2.33. The predicted molar refractivity (Wildman–Crippen MR) is 85.3 cm³/mol. The van der Waals surface area contributed by atoms with Gasteiger partial charge >= 0.3 is 0 Å². The van der Waals surface area contributed by atoms with E-state index in [1.165, 1.54) is 0 Å². The second kappa shape index (κ2) is 7.44. The molecule has 0 bridgehead atoms. The van der Waals surface area contributed by atoms with Crippen molar-refractivity contribution < 1.29 is 4.74 Å². The number of rotatable bonds is 5. The minimum absolute atomic E-state index is 0.220. The van der Waals surface area contributed by atoms with Crippen LogP contribution < -0.4 is 10.2 Å². The van der Waals surface area contributed by atoms with E-state index in [-0.39, 0.29) is 6.10 Å². The van der Waals surface area contributed by atoms with Crippen LogP contribution in [0.15, 0.2) is 18.2 Å². The van der Waals surface area contributed by atoms with Gasteiger partial charge in [-0.25, -0.2) is 0 Å². The molecule has 0 aromatic heterocycles. The molecule has 21 heavy (non-hydrogen) atoms. The van der Waals surface area contributed by atoms with Crippen molar-refractivity contribution >= 4 is 5.69 Å². The van der Waals surface area contributed by atoms with Crippen LogP contribution in [0, 0.1) is 17.2 Å². The molecule has 1 aliphatic rings. The highest BCUT2D eigenvalue weighted by Gasteiger charge is 2.19. The van der Waals surface area contributed by atoms with Crippen molar-refractivity contribution in [3.8, 4) is 6.07 Å². The number of nitriles is 1. The van der Waals surface area contributed by atoms with Crippen molar-refractivity contribution in [2.24, 2.45) is 5.92 Å². The lowest BCUT2D eigenvalue weighted by molar-refractivity contribution is 0.0532. The average Bonchev–Trinajstić information content (AvgIpc) is 2.46. The third-order valence-corrected chi connectivity index (χ3v) is 3.64. The number of hydrogen-bond donors (Lipinski definition) is 1. The van der Waals surface area contributed by atoms with Gasteiger partial charge in [-0.15, -0.1) is 0 Å². The Morgan fingerprint density at radius 2 is 2.29 bits per heavy atom. The smallest absolute Gasteiger partial charge is 0.101 e. The van der Waals surface area contributed by atoms with E-state index < -0.39 is 0 Å². The molecule has 1 aromatic rings. The van der Waals surface area contributed by atoms with Gasteiger partial charge in [0.1, 0.15) is 6.07 Å². The van der Waals surface area contributed by atoms with Gasteiger partial charge in [0.15, 0.2) is 0 Å². The molecule has 1 heterocycles. The first-order chi connectivity index (χ1) is 10.1. The predicted octanol–water partition coefficient (Wildman–Crippen LogP) is 2.53. The molecule has 0 amide bonds. The van der Waals surface area contributed by atoms with Crippen LogP contribution in [0.4, 0.5) is 5.69 Å². The number of morpholine rings is 1. The first-order valence-corrected chi connectivity index (χ1v) is 7.70. The zero-order chi connectivity index (χ0) is 15.2. The fourth-order valence-electron chi connectivity index (χ4n) is 2.60. The fraction of sp³-hybridized carbons (Fsp3) is 0.588. The summed E-state index contributed by atoms with van der Waals surface area (Å²) in [6.45, 7) is 10.7. The van der Waals surface area contributed by atoms with Crippen LogP contribution in [0.2, 0.25) is 0 Å². The molecule has 1 fully saturated rings. The van der Waals surface area contributed by atoms with Crippen molar-refractivity contribution in [1.29, 1.82) is 5.26 Å². The van der Waals surface area contributed by atoms with Gasteiger partial charge in [-0.1, -0.05) is 19.9 Å². The Labute approximate surface area is 127 Å². The minimum Gasteiger partial charge on any atom is -0.375 e. The number of ether oxygens (including phenoxy) is 1. The Morgan fingerprint density at radius 3 is 2.95 bits per heavy atom. The second-order valence-corrected chi connectivity index (χ2v) is 6.12. The van der Waals surface area contributed by atoms with E-state index in [0.717, 1.165) is 49.6 Å². The molecule has 1 saturated heterocycles. The van der Waals surface area contributed by atoms with E-state index in [1.54, 1.807) is 0 Å². The Kier molecular flexibility index (Phi) is 5.60. The zero-order valence-corrected chi connectivity index (χ0v) is 13.2. The number of benzene rings is 1. The van der Waals surface area contributed by atoms with Gasteiger partial charge in [0, 0.05) is 19.6 Å². The van der Waals surface area contributed by atoms with E-state index in [0.29, 0.717) is 5.92 Å². The lowest BCUT2D eigenvalue weighted by atomic mass is 10.1. The first kappa shape index (κ1) is 15.8. The molecule has 1 N–H and O–H groups in total. The minimum atomic E-state index is 0.220. The molecule has 1 aromatic carbocycles. The third kappa shape index (κ3) is 4.45. The molecule has 0 aliphatic carbocycles. The number of hydrogen-bond acceptors (Lipinski definition) is 4. The lowest BCUT2D eigenvalue weighted by Crippen LogP contribution is -2.41. The largest absolute Gasteiger partial charge is 0.375 e. The molecule has 4 nitrogen and oxygen atoms in total. The summed E-state index contributed by atoms with van der Waals surface area (Å²) in [7, 11) is 0. The van der Waals surface area contributed by atoms with Crippen molar-refractivity contribution in [2.75, 3.05) is 31.1 Å². The topological polar surface area (TPSA) is 48.3 Å². The first-order valence-electron chi connectivity index (χ1n) is 7.70. The molecule has 114 valence electrons. The van der Waals surface area contributed by atoms with Crippen molar-refractivity contribution in [2.45, 2.75) is 33.4 Å². The summed E-state index contributed by atoms with van der Waals surface area (Å²) in [6, 6.07) is 8.53. The maximum atomic E-state index is 9.42. The molecule has 0 radical (unpaired) electrons. The number of nitrogens with one attached hydrogen (secondary N) is 1. The Balaban J connectivity index is 2.07. The monoisotopic (exact) mass is 287 g/mol. The summed E-state index contributed by atoms with van der Waals surface area (Å²) < 4.78 is 5.57. The van der Waals surface area contributed by atoms with Gasteiger partial charge in [0.05, 0.1) is 24.0 Å². The molecule has 1 atom stereocenters.